The van der Waals surface area contributed by atoms with E-state index in [0.717, 1.165) is 12.3 Å². The molecule has 0 spiro atoms. The highest BCUT2D eigenvalue weighted by Crippen LogP contribution is 2.33. The molecule has 1 heterocycles. The van der Waals surface area contributed by atoms with Gasteiger partial charge in [0.1, 0.15) is 0 Å². The van der Waals surface area contributed by atoms with Gasteiger partial charge in [-0.2, -0.15) is 0 Å². The SMILES string of the molecule is CC(C)N(C)C(=O)C1CC2CCCCC2N1. The van der Waals surface area contributed by atoms with Crippen LogP contribution in [0.25, 0.3) is 0 Å². The minimum absolute atomic E-state index is 0.0838. The first kappa shape index (κ1) is 11.9. The first-order chi connectivity index (χ1) is 7.59. The summed E-state index contributed by atoms with van der Waals surface area (Å²) in [6.07, 6.45) is 6.31. The Morgan fingerprint density at radius 2 is 2.00 bits per heavy atom. The van der Waals surface area contributed by atoms with Gasteiger partial charge < -0.3 is 10.2 Å². The molecule has 1 aliphatic carbocycles. The van der Waals surface area contributed by atoms with Gasteiger partial charge in [0.05, 0.1) is 6.04 Å². The van der Waals surface area contributed by atoms with E-state index in [1.54, 1.807) is 0 Å². The highest BCUT2D eigenvalue weighted by atomic mass is 16.2. The molecule has 1 aliphatic heterocycles. The molecule has 0 aromatic heterocycles. The number of nitrogens with zero attached hydrogens (tertiary/aromatic N) is 1. The van der Waals surface area contributed by atoms with Crippen molar-refractivity contribution in [3.63, 3.8) is 0 Å². The van der Waals surface area contributed by atoms with Gasteiger partial charge in [0.2, 0.25) is 5.91 Å². The second-order valence-electron chi connectivity index (χ2n) is 5.65. The number of hydrogen-bond acceptors (Lipinski definition) is 2. The van der Waals surface area contributed by atoms with E-state index < -0.39 is 0 Å². The molecule has 3 nitrogen and oxygen atoms in total. The molecule has 2 fully saturated rings. The third-order valence-electron chi connectivity index (χ3n) is 4.28. The number of rotatable bonds is 2. The first-order valence-electron chi connectivity index (χ1n) is 6.62. The van der Waals surface area contributed by atoms with Gasteiger partial charge in [-0.25, -0.2) is 0 Å². The topological polar surface area (TPSA) is 32.3 Å². The van der Waals surface area contributed by atoms with E-state index in [2.05, 4.69) is 19.2 Å². The zero-order valence-corrected chi connectivity index (χ0v) is 10.7. The van der Waals surface area contributed by atoms with Crippen LogP contribution in [0.1, 0.15) is 46.0 Å². The molecule has 0 radical (unpaired) electrons. The predicted octanol–water partition coefficient (Wildman–Crippen LogP) is 1.77. The summed E-state index contributed by atoms with van der Waals surface area (Å²) in [6.45, 7) is 4.14. The van der Waals surface area contributed by atoms with Crippen LogP contribution in [0, 0.1) is 5.92 Å². The van der Waals surface area contributed by atoms with Gasteiger partial charge in [-0.1, -0.05) is 12.8 Å². The monoisotopic (exact) mass is 224 g/mol. The number of fused-ring (bicyclic) bond motifs is 1. The van der Waals surface area contributed by atoms with Crippen molar-refractivity contribution in [1.29, 1.82) is 0 Å². The highest BCUT2D eigenvalue weighted by Gasteiger charge is 2.39. The van der Waals surface area contributed by atoms with Gasteiger partial charge in [-0.3, -0.25) is 4.79 Å². The molecular weight excluding hydrogens is 200 g/mol. The summed E-state index contributed by atoms with van der Waals surface area (Å²) >= 11 is 0. The molecule has 0 aromatic rings. The minimum Gasteiger partial charge on any atom is -0.342 e. The fraction of sp³-hybridized carbons (Fsp3) is 0.923. The van der Waals surface area contributed by atoms with Crippen LogP contribution in [0.4, 0.5) is 0 Å². The van der Waals surface area contributed by atoms with Crippen LogP contribution in [0.3, 0.4) is 0 Å². The Morgan fingerprint density at radius 3 is 2.62 bits per heavy atom. The van der Waals surface area contributed by atoms with Crippen molar-refractivity contribution in [2.75, 3.05) is 7.05 Å². The molecule has 3 atom stereocenters. The first-order valence-corrected chi connectivity index (χ1v) is 6.62. The summed E-state index contributed by atoms with van der Waals surface area (Å²) in [4.78, 5) is 14.1. The average Bonchev–Trinajstić information content (AvgIpc) is 2.70. The number of carbonyl (C=O) groups excluding carboxylic acids is 1. The lowest BCUT2D eigenvalue weighted by molar-refractivity contribution is -0.133. The summed E-state index contributed by atoms with van der Waals surface area (Å²) in [5, 5.41) is 3.54. The van der Waals surface area contributed by atoms with E-state index in [1.807, 2.05) is 11.9 Å². The van der Waals surface area contributed by atoms with E-state index in [4.69, 9.17) is 0 Å². The third-order valence-corrected chi connectivity index (χ3v) is 4.28. The Bertz CT molecular complexity index is 251. The summed E-state index contributed by atoms with van der Waals surface area (Å²) < 4.78 is 0. The van der Waals surface area contributed by atoms with Crippen LogP contribution >= 0.6 is 0 Å². The largest absolute Gasteiger partial charge is 0.342 e. The van der Waals surface area contributed by atoms with Gasteiger partial charge in [-0.05, 0) is 39.0 Å². The fourth-order valence-electron chi connectivity index (χ4n) is 3.01. The molecule has 3 heteroatoms. The molecule has 16 heavy (non-hydrogen) atoms. The predicted molar refractivity (Wildman–Crippen MR) is 65.2 cm³/mol. The minimum atomic E-state index is 0.0838. The van der Waals surface area contributed by atoms with Gasteiger partial charge >= 0.3 is 0 Å². The zero-order valence-electron chi connectivity index (χ0n) is 10.7. The maximum Gasteiger partial charge on any atom is 0.239 e. The maximum absolute atomic E-state index is 12.2. The van der Waals surface area contributed by atoms with Crippen LogP contribution in [-0.4, -0.2) is 36.0 Å². The quantitative estimate of drug-likeness (QED) is 0.775. The standard InChI is InChI=1S/C13H24N2O/c1-9(2)15(3)13(16)12-8-10-6-4-5-7-11(10)14-12/h9-12,14H,4-8H2,1-3H3. The van der Waals surface area contributed by atoms with Gasteiger partial charge in [0.25, 0.3) is 0 Å². The number of amides is 1. The van der Waals surface area contributed by atoms with Crippen LogP contribution in [0.2, 0.25) is 0 Å². The van der Waals surface area contributed by atoms with E-state index in [9.17, 15) is 4.79 Å². The molecule has 92 valence electrons. The second-order valence-corrected chi connectivity index (χ2v) is 5.65. The van der Waals surface area contributed by atoms with Crippen LogP contribution in [-0.2, 0) is 4.79 Å². The molecule has 2 rings (SSSR count). The number of likely N-dealkylation sites (N-methyl/N-ethyl adjacent to an activating group) is 1. The van der Waals surface area contributed by atoms with Gasteiger partial charge in [0, 0.05) is 19.1 Å². The van der Waals surface area contributed by atoms with Crippen LogP contribution < -0.4 is 5.32 Å². The van der Waals surface area contributed by atoms with Gasteiger partial charge in [0.15, 0.2) is 0 Å². The molecule has 2 aliphatic rings. The molecule has 1 saturated carbocycles. The van der Waals surface area contributed by atoms with Crippen LogP contribution in [0.15, 0.2) is 0 Å². The average molecular weight is 224 g/mol. The lowest BCUT2D eigenvalue weighted by Gasteiger charge is -2.25. The Kier molecular flexibility index (Phi) is 3.53. The molecule has 1 amide bonds. The van der Waals surface area contributed by atoms with Crippen molar-refractivity contribution in [2.24, 2.45) is 5.92 Å². The molecular formula is C13H24N2O. The van der Waals surface area contributed by atoms with Crippen molar-refractivity contribution in [2.45, 2.75) is 64.1 Å². The number of carbonyl (C=O) groups is 1. The lowest BCUT2D eigenvalue weighted by atomic mass is 9.85. The molecule has 0 aromatic carbocycles. The highest BCUT2D eigenvalue weighted by molar-refractivity contribution is 5.82. The Hall–Kier alpha value is -0.570. The summed E-state index contributed by atoms with van der Waals surface area (Å²) in [5.74, 6) is 1.03. The smallest absolute Gasteiger partial charge is 0.239 e. The number of nitrogens with one attached hydrogen (secondary N) is 1. The van der Waals surface area contributed by atoms with E-state index in [0.29, 0.717) is 12.1 Å². The Morgan fingerprint density at radius 1 is 1.31 bits per heavy atom. The van der Waals surface area contributed by atoms with Crippen molar-refractivity contribution >= 4 is 5.91 Å². The normalized spacial score (nSPS) is 33.9. The summed E-state index contributed by atoms with van der Waals surface area (Å²) in [6, 6.07) is 1.00. The summed E-state index contributed by atoms with van der Waals surface area (Å²) in [7, 11) is 1.91. The van der Waals surface area contributed by atoms with Crippen molar-refractivity contribution in [3.05, 3.63) is 0 Å². The maximum atomic E-state index is 12.2. The second kappa shape index (κ2) is 4.74. The van der Waals surface area contributed by atoms with Crippen molar-refractivity contribution in [1.82, 2.24) is 10.2 Å². The molecule has 3 unspecified atom stereocenters. The molecule has 0 bridgehead atoms. The van der Waals surface area contributed by atoms with Crippen molar-refractivity contribution < 1.29 is 4.79 Å². The van der Waals surface area contributed by atoms with E-state index >= 15 is 0 Å². The molecule has 1 N–H and O–H groups in total. The van der Waals surface area contributed by atoms with Crippen molar-refractivity contribution in [3.8, 4) is 0 Å². The summed E-state index contributed by atoms with van der Waals surface area (Å²) in [5.41, 5.74) is 0. The van der Waals surface area contributed by atoms with Crippen LogP contribution in [0.5, 0.6) is 0 Å². The number of hydrogen-bond donors (Lipinski definition) is 1. The molecule has 1 saturated heterocycles. The Labute approximate surface area is 98.6 Å². The van der Waals surface area contributed by atoms with E-state index in [-0.39, 0.29) is 11.9 Å². The third kappa shape index (κ3) is 2.24. The zero-order chi connectivity index (χ0) is 11.7. The van der Waals surface area contributed by atoms with E-state index in [1.165, 1.54) is 25.7 Å². The Balaban J connectivity index is 1.94. The van der Waals surface area contributed by atoms with Gasteiger partial charge in [-0.15, -0.1) is 0 Å². The lowest BCUT2D eigenvalue weighted by Crippen LogP contribution is -2.46. The fourth-order valence-corrected chi connectivity index (χ4v) is 3.01.